The number of hydrogen-bond donors (Lipinski definition) is 2. The average molecular weight is 222 g/mol. The van der Waals surface area contributed by atoms with Gasteiger partial charge in [0.05, 0.1) is 0 Å². The van der Waals surface area contributed by atoms with Gasteiger partial charge in [-0.3, -0.25) is 9.52 Å². The van der Waals surface area contributed by atoms with Crippen molar-refractivity contribution in [3.8, 4) is 0 Å². The van der Waals surface area contributed by atoms with Crippen molar-refractivity contribution < 1.29 is 4.79 Å². The van der Waals surface area contributed by atoms with Crippen LogP contribution in [0, 0.1) is 0 Å². The maximum atomic E-state index is 11.4. The lowest BCUT2D eigenvalue weighted by atomic mass is 9.97. The molecule has 80 valence electrons. The van der Waals surface area contributed by atoms with Crippen LogP contribution < -0.4 is 4.72 Å². The van der Waals surface area contributed by atoms with Crippen LogP contribution in [-0.4, -0.2) is 24.4 Å². The highest BCUT2D eigenvalue weighted by Gasteiger charge is 2.14. The monoisotopic (exact) mass is 222 g/mol. The summed E-state index contributed by atoms with van der Waals surface area (Å²) in [5.74, 6) is -0.139. The molecule has 0 bridgehead atoms. The Morgan fingerprint density at radius 1 is 1.47 bits per heavy atom. The zero-order valence-electron chi connectivity index (χ0n) is 8.66. The van der Waals surface area contributed by atoms with Gasteiger partial charge < -0.3 is 4.90 Å². The van der Waals surface area contributed by atoms with Crippen molar-refractivity contribution in [2.24, 2.45) is 0 Å². The quantitative estimate of drug-likeness (QED) is 0.701. The Labute approximate surface area is 95.0 Å². The van der Waals surface area contributed by atoms with Gasteiger partial charge in [0.1, 0.15) is 0 Å². The summed E-state index contributed by atoms with van der Waals surface area (Å²) in [7, 11) is 2.11. The fourth-order valence-corrected chi connectivity index (χ4v) is 2.03. The molecular weight excluding hydrogens is 208 g/mol. The SMILES string of the molecule is CN1CCc2cc(C(=O)NS)ccc2C1. The van der Waals surface area contributed by atoms with E-state index >= 15 is 0 Å². The zero-order chi connectivity index (χ0) is 10.8. The molecule has 0 saturated heterocycles. The number of carbonyl (C=O) groups excluding carboxylic acids is 1. The molecule has 1 aliphatic heterocycles. The molecule has 1 aromatic rings. The van der Waals surface area contributed by atoms with Gasteiger partial charge in [-0.05, 0) is 36.7 Å². The minimum Gasteiger partial charge on any atom is -0.302 e. The Bertz CT molecular complexity index is 392. The van der Waals surface area contributed by atoms with E-state index in [1.54, 1.807) is 0 Å². The van der Waals surface area contributed by atoms with Crippen LogP contribution in [0.3, 0.4) is 0 Å². The molecule has 0 saturated carbocycles. The molecule has 4 heteroatoms. The minimum absolute atomic E-state index is 0.139. The molecule has 0 aromatic heterocycles. The highest BCUT2D eigenvalue weighted by atomic mass is 32.1. The third-order valence-electron chi connectivity index (χ3n) is 2.77. The summed E-state index contributed by atoms with van der Waals surface area (Å²) in [4.78, 5) is 13.6. The molecule has 0 aliphatic carbocycles. The van der Waals surface area contributed by atoms with Gasteiger partial charge in [-0.15, -0.1) is 0 Å². The first-order valence-corrected chi connectivity index (χ1v) is 5.40. The summed E-state index contributed by atoms with van der Waals surface area (Å²) in [5.41, 5.74) is 3.29. The fourth-order valence-electron chi connectivity index (χ4n) is 1.90. The third-order valence-corrected chi connectivity index (χ3v) is 2.98. The van der Waals surface area contributed by atoms with Crippen LogP contribution in [0.5, 0.6) is 0 Å². The highest BCUT2D eigenvalue weighted by molar-refractivity contribution is 7.78. The Kier molecular flexibility index (Phi) is 2.98. The van der Waals surface area contributed by atoms with Gasteiger partial charge in [0.25, 0.3) is 5.91 Å². The van der Waals surface area contributed by atoms with Crippen LogP contribution in [0.25, 0.3) is 0 Å². The van der Waals surface area contributed by atoms with E-state index < -0.39 is 0 Å². The van der Waals surface area contributed by atoms with Crippen molar-refractivity contribution in [2.45, 2.75) is 13.0 Å². The lowest BCUT2D eigenvalue weighted by Crippen LogP contribution is -2.27. The lowest BCUT2D eigenvalue weighted by molar-refractivity contribution is 0.0985. The van der Waals surface area contributed by atoms with Gasteiger partial charge in [0, 0.05) is 18.7 Å². The van der Waals surface area contributed by atoms with E-state index in [2.05, 4.69) is 29.5 Å². The Morgan fingerprint density at radius 3 is 3.00 bits per heavy atom. The van der Waals surface area contributed by atoms with Gasteiger partial charge in [0.15, 0.2) is 0 Å². The van der Waals surface area contributed by atoms with Crippen molar-refractivity contribution >= 4 is 18.7 Å². The standard InChI is InChI=1S/C11H14N2OS/c1-13-5-4-8-6-9(11(14)12-15)2-3-10(8)7-13/h2-3,6,15H,4-5,7H2,1H3,(H,12,14). The zero-order valence-corrected chi connectivity index (χ0v) is 9.55. The Balaban J connectivity index is 2.30. The van der Waals surface area contributed by atoms with Crippen molar-refractivity contribution in [3.63, 3.8) is 0 Å². The molecule has 0 atom stereocenters. The molecule has 0 radical (unpaired) electrons. The second-order valence-corrected chi connectivity index (χ2v) is 4.14. The maximum absolute atomic E-state index is 11.4. The molecule has 3 nitrogen and oxygen atoms in total. The van der Waals surface area contributed by atoms with E-state index in [1.807, 2.05) is 18.2 Å². The van der Waals surface area contributed by atoms with Crippen molar-refractivity contribution in [3.05, 3.63) is 34.9 Å². The molecular formula is C11H14N2OS. The Morgan fingerprint density at radius 2 is 2.27 bits per heavy atom. The van der Waals surface area contributed by atoms with Gasteiger partial charge in [-0.2, -0.15) is 0 Å². The number of benzene rings is 1. The number of nitrogens with zero attached hydrogens (tertiary/aromatic N) is 1. The first-order chi connectivity index (χ1) is 7.20. The molecule has 0 spiro atoms. The summed E-state index contributed by atoms with van der Waals surface area (Å²) in [6, 6.07) is 5.85. The molecule has 0 fully saturated rings. The predicted molar refractivity (Wildman–Crippen MR) is 62.9 cm³/mol. The summed E-state index contributed by atoms with van der Waals surface area (Å²) >= 11 is 3.76. The summed E-state index contributed by atoms with van der Waals surface area (Å²) < 4.78 is 2.34. The Hall–Kier alpha value is -1.00. The van der Waals surface area contributed by atoms with E-state index in [0.29, 0.717) is 5.56 Å². The van der Waals surface area contributed by atoms with Crippen LogP contribution in [0.4, 0.5) is 0 Å². The van der Waals surface area contributed by atoms with Crippen molar-refractivity contribution in [1.29, 1.82) is 0 Å². The van der Waals surface area contributed by atoms with E-state index in [4.69, 9.17) is 0 Å². The largest absolute Gasteiger partial charge is 0.302 e. The number of hydrogen-bond acceptors (Lipinski definition) is 3. The molecule has 1 heterocycles. The summed E-state index contributed by atoms with van der Waals surface area (Å²) in [5, 5.41) is 0. The normalized spacial score (nSPS) is 15.9. The molecule has 1 aliphatic rings. The summed E-state index contributed by atoms with van der Waals surface area (Å²) in [6.45, 7) is 2.02. The van der Waals surface area contributed by atoms with Gasteiger partial charge >= 0.3 is 0 Å². The van der Waals surface area contributed by atoms with Crippen molar-refractivity contribution in [1.82, 2.24) is 9.62 Å². The number of rotatable bonds is 1. The second kappa shape index (κ2) is 4.24. The number of thiol groups is 1. The number of carbonyl (C=O) groups is 1. The highest BCUT2D eigenvalue weighted by Crippen LogP contribution is 2.19. The topological polar surface area (TPSA) is 32.3 Å². The second-order valence-electron chi connectivity index (χ2n) is 3.91. The maximum Gasteiger partial charge on any atom is 0.260 e. The fraction of sp³-hybridized carbons (Fsp3) is 0.364. The van der Waals surface area contributed by atoms with Crippen LogP contribution in [0.2, 0.25) is 0 Å². The van der Waals surface area contributed by atoms with E-state index in [9.17, 15) is 4.79 Å². The number of fused-ring (bicyclic) bond motifs is 1. The van der Waals surface area contributed by atoms with Crippen LogP contribution >= 0.6 is 12.8 Å². The van der Waals surface area contributed by atoms with Gasteiger partial charge in [-0.25, -0.2) is 0 Å². The summed E-state index contributed by atoms with van der Waals surface area (Å²) in [6.07, 6.45) is 1.01. The predicted octanol–water partition coefficient (Wildman–Crippen LogP) is 1.25. The van der Waals surface area contributed by atoms with Crippen LogP contribution in [0.15, 0.2) is 18.2 Å². The van der Waals surface area contributed by atoms with Gasteiger partial charge in [-0.1, -0.05) is 18.9 Å². The molecule has 1 amide bonds. The van der Waals surface area contributed by atoms with E-state index in [1.165, 1.54) is 11.1 Å². The molecule has 0 unspecified atom stereocenters. The van der Waals surface area contributed by atoms with Crippen LogP contribution in [-0.2, 0) is 13.0 Å². The van der Waals surface area contributed by atoms with E-state index in [-0.39, 0.29) is 5.91 Å². The number of amides is 1. The first kappa shape index (κ1) is 10.5. The lowest BCUT2D eigenvalue weighted by Gasteiger charge is -2.25. The third kappa shape index (κ3) is 2.16. The van der Waals surface area contributed by atoms with Gasteiger partial charge in [0.2, 0.25) is 0 Å². The number of likely N-dealkylation sites (N-methyl/N-ethyl adjacent to an activating group) is 1. The number of nitrogens with one attached hydrogen (secondary N) is 1. The minimum atomic E-state index is -0.139. The molecule has 2 rings (SSSR count). The molecule has 1 aromatic carbocycles. The smallest absolute Gasteiger partial charge is 0.260 e. The molecule has 1 N–H and O–H groups in total. The van der Waals surface area contributed by atoms with Crippen LogP contribution in [0.1, 0.15) is 21.5 Å². The average Bonchev–Trinajstić information content (AvgIpc) is 2.27. The van der Waals surface area contributed by atoms with Crippen molar-refractivity contribution in [2.75, 3.05) is 13.6 Å². The van der Waals surface area contributed by atoms with E-state index in [0.717, 1.165) is 19.5 Å². The molecule has 15 heavy (non-hydrogen) atoms. The first-order valence-electron chi connectivity index (χ1n) is 4.95.